The minimum atomic E-state index is -0.339. The molecule has 4 aromatic rings. The molecule has 0 saturated heterocycles. The van der Waals surface area contributed by atoms with Crippen LogP contribution in [-0.2, 0) is 9.59 Å². The normalized spacial score (nSPS) is 10.8. The van der Waals surface area contributed by atoms with Gasteiger partial charge in [-0.15, -0.1) is 0 Å². The monoisotopic (exact) mass is 772 g/mol. The fourth-order valence-corrected chi connectivity index (χ4v) is 6.69. The van der Waals surface area contributed by atoms with Gasteiger partial charge < -0.3 is 20.1 Å². The molecule has 0 aliphatic carbocycles. The van der Waals surface area contributed by atoms with Crippen molar-refractivity contribution < 1.29 is 19.1 Å². The summed E-state index contributed by atoms with van der Waals surface area (Å²) in [6.45, 7) is 3.34. The van der Waals surface area contributed by atoms with Gasteiger partial charge in [-0.3, -0.25) is 9.59 Å². The van der Waals surface area contributed by atoms with Crippen molar-refractivity contribution in [1.29, 1.82) is 0 Å². The number of rotatable bonds is 9. The molecule has 0 radical (unpaired) electrons. The summed E-state index contributed by atoms with van der Waals surface area (Å²) < 4.78 is 12.3. The SMILES string of the molecule is Cc1cc(-c2ccc(NC(=O)COc3c(Cl)cc(Cl)cc3Br)c(C)c2)ccc1NC(=O)COc1c(Cl)cc(Cl)cc1Br. The van der Waals surface area contributed by atoms with Crippen LogP contribution in [0.3, 0.4) is 0 Å². The van der Waals surface area contributed by atoms with Gasteiger partial charge in [0, 0.05) is 21.4 Å². The predicted octanol–water partition coefficient (Wildman–Crippen LogP) is 10.1. The Morgan fingerprint density at radius 1 is 0.643 bits per heavy atom. The minimum absolute atomic E-state index is 0.234. The molecule has 12 heteroatoms. The second-order valence-electron chi connectivity index (χ2n) is 9.13. The van der Waals surface area contributed by atoms with Crippen LogP contribution in [-0.4, -0.2) is 25.0 Å². The van der Waals surface area contributed by atoms with Crippen molar-refractivity contribution in [1.82, 2.24) is 0 Å². The van der Waals surface area contributed by atoms with E-state index in [1.165, 1.54) is 0 Å². The van der Waals surface area contributed by atoms with E-state index in [2.05, 4.69) is 42.5 Å². The number of hydrogen-bond acceptors (Lipinski definition) is 4. The lowest BCUT2D eigenvalue weighted by Gasteiger charge is -2.14. The van der Waals surface area contributed by atoms with Gasteiger partial charge in [0.05, 0.1) is 19.0 Å². The number of carbonyl (C=O) groups excluding carboxylic acids is 2. The molecule has 0 atom stereocenters. The summed E-state index contributed by atoms with van der Waals surface area (Å²) in [4.78, 5) is 25.1. The summed E-state index contributed by atoms with van der Waals surface area (Å²) >= 11 is 31.0. The molecular formula is C30H22Br2Cl4N2O4. The largest absolute Gasteiger partial charge is 0.481 e. The van der Waals surface area contributed by atoms with Gasteiger partial charge in [-0.05, 0) is 116 Å². The number of carbonyl (C=O) groups is 2. The Morgan fingerprint density at radius 2 is 1.02 bits per heavy atom. The highest BCUT2D eigenvalue weighted by atomic mass is 79.9. The maximum atomic E-state index is 12.5. The Balaban J connectivity index is 1.36. The highest BCUT2D eigenvalue weighted by Crippen LogP contribution is 2.37. The molecule has 0 heterocycles. The number of halogens is 6. The lowest BCUT2D eigenvalue weighted by molar-refractivity contribution is -0.118. The zero-order valence-corrected chi connectivity index (χ0v) is 28.3. The van der Waals surface area contributed by atoms with Crippen LogP contribution in [0.2, 0.25) is 20.1 Å². The summed E-state index contributed by atoms with van der Waals surface area (Å²) in [6.07, 6.45) is 0. The van der Waals surface area contributed by atoms with Crippen molar-refractivity contribution in [3.8, 4) is 22.6 Å². The molecule has 2 N–H and O–H groups in total. The fraction of sp³-hybridized carbons (Fsp3) is 0.133. The van der Waals surface area contributed by atoms with E-state index in [9.17, 15) is 9.59 Å². The highest BCUT2D eigenvalue weighted by molar-refractivity contribution is 9.11. The van der Waals surface area contributed by atoms with E-state index in [-0.39, 0.29) is 25.0 Å². The van der Waals surface area contributed by atoms with Crippen LogP contribution in [0.25, 0.3) is 11.1 Å². The molecule has 0 fully saturated rings. The molecule has 0 saturated carbocycles. The van der Waals surface area contributed by atoms with E-state index in [1.54, 1.807) is 24.3 Å². The molecule has 218 valence electrons. The highest BCUT2D eigenvalue weighted by Gasteiger charge is 2.14. The summed E-state index contributed by atoms with van der Waals surface area (Å²) in [7, 11) is 0. The van der Waals surface area contributed by atoms with Crippen LogP contribution in [0.1, 0.15) is 11.1 Å². The minimum Gasteiger partial charge on any atom is -0.481 e. The first kappa shape index (κ1) is 32.5. The molecule has 0 spiro atoms. The van der Waals surface area contributed by atoms with Crippen molar-refractivity contribution in [2.24, 2.45) is 0 Å². The first-order valence-electron chi connectivity index (χ1n) is 12.3. The summed E-state index contributed by atoms with van der Waals surface area (Å²) in [5.41, 5.74) is 4.94. The first-order chi connectivity index (χ1) is 19.9. The third kappa shape index (κ3) is 8.34. The van der Waals surface area contributed by atoms with Gasteiger partial charge in [-0.2, -0.15) is 0 Å². The average Bonchev–Trinajstić information content (AvgIpc) is 2.89. The maximum absolute atomic E-state index is 12.5. The Kier molecular flexibility index (Phi) is 11.1. The fourth-order valence-electron chi connectivity index (χ4n) is 3.95. The van der Waals surface area contributed by atoms with Crippen LogP contribution in [0.4, 0.5) is 11.4 Å². The van der Waals surface area contributed by atoms with Gasteiger partial charge in [-0.25, -0.2) is 0 Å². The molecule has 4 aromatic carbocycles. The second kappa shape index (κ2) is 14.3. The van der Waals surface area contributed by atoms with Crippen molar-refractivity contribution >= 4 is 101 Å². The van der Waals surface area contributed by atoms with Gasteiger partial charge in [0.2, 0.25) is 0 Å². The van der Waals surface area contributed by atoms with E-state index in [0.717, 1.165) is 22.3 Å². The van der Waals surface area contributed by atoms with Crippen molar-refractivity contribution in [3.05, 3.63) is 101 Å². The first-order valence-corrected chi connectivity index (χ1v) is 15.4. The lowest BCUT2D eigenvalue weighted by atomic mass is 10.00. The summed E-state index contributed by atoms with van der Waals surface area (Å²) in [5.74, 6) is -0.00144. The van der Waals surface area contributed by atoms with Crippen LogP contribution in [0, 0.1) is 13.8 Å². The van der Waals surface area contributed by atoms with Crippen LogP contribution in [0.15, 0.2) is 69.6 Å². The van der Waals surface area contributed by atoms with Gasteiger partial charge in [0.25, 0.3) is 11.8 Å². The van der Waals surface area contributed by atoms with Crippen molar-refractivity contribution in [2.75, 3.05) is 23.8 Å². The van der Waals surface area contributed by atoms with Gasteiger partial charge >= 0.3 is 0 Å². The number of hydrogen-bond donors (Lipinski definition) is 2. The van der Waals surface area contributed by atoms with Crippen LogP contribution < -0.4 is 20.1 Å². The lowest BCUT2D eigenvalue weighted by Crippen LogP contribution is -2.21. The number of aryl methyl sites for hydroxylation is 2. The predicted molar refractivity (Wildman–Crippen MR) is 178 cm³/mol. The Bertz CT molecular complexity index is 1510. The van der Waals surface area contributed by atoms with Gasteiger partial charge in [-0.1, -0.05) is 58.5 Å². The average molecular weight is 776 g/mol. The molecule has 6 nitrogen and oxygen atoms in total. The molecule has 0 unspecified atom stereocenters. The smallest absolute Gasteiger partial charge is 0.262 e. The number of nitrogens with one attached hydrogen (secondary N) is 2. The molecular weight excluding hydrogens is 754 g/mol. The van der Waals surface area contributed by atoms with E-state index < -0.39 is 0 Å². The molecule has 42 heavy (non-hydrogen) atoms. The second-order valence-corrected chi connectivity index (χ2v) is 12.5. The third-order valence-electron chi connectivity index (χ3n) is 5.96. The van der Waals surface area contributed by atoms with Crippen molar-refractivity contribution in [3.63, 3.8) is 0 Å². The van der Waals surface area contributed by atoms with E-state index in [0.29, 0.717) is 51.9 Å². The Hall–Kier alpha value is -2.46. The quantitative estimate of drug-likeness (QED) is 0.178. The molecule has 0 aliphatic rings. The standard InChI is InChI=1S/C30H22Br2Cl4N2O4/c1-15-7-17(3-5-25(15)37-27(39)13-41-29-21(31)9-19(33)11-23(29)35)18-4-6-26(16(2)8-18)38-28(40)14-42-30-22(32)10-20(34)12-24(30)36/h3-12H,13-14H2,1-2H3,(H,37,39)(H,38,40). The third-order valence-corrected chi connectivity index (χ3v) is 8.13. The van der Waals surface area contributed by atoms with Crippen LogP contribution in [0.5, 0.6) is 11.5 Å². The Labute approximate surface area is 279 Å². The molecule has 4 rings (SSSR count). The van der Waals surface area contributed by atoms with E-state index in [1.807, 2.05) is 50.2 Å². The summed E-state index contributed by atoms with van der Waals surface area (Å²) in [5, 5.41) is 7.22. The zero-order valence-electron chi connectivity index (χ0n) is 22.1. The Morgan fingerprint density at radius 3 is 1.36 bits per heavy atom. The van der Waals surface area contributed by atoms with Gasteiger partial charge in [0.15, 0.2) is 24.7 Å². The van der Waals surface area contributed by atoms with E-state index >= 15 is 0 Å². The number of ether oxygens (including phenoxy) is 2. The molecule has 0 aromatic heterocycles. The zero-order chi connectivity index (χ0) is 30.6. The molecule has 2 amide bonds. The number of amides is 2. The molecule has 0 aliphatic heterocycles. The topological polar surface area (TPSA) is 76.7 Å². The van der Waals surface area contributed by atoms with Gasteiger partial charge in [0.1, 0.15) is 0 Å². The van der Waals surface area contributed by atoms with E-state index in [4.69, 9.17) is 55.9 Å². The maximum Gasteiger partial charge on any atom is 0.262 e. The van der Waals surface area contributed by atoms with Crippen molar-refractivity contribution in [2.45, 2.75) is 13.8 Å². The number of benzene rings is 4. The summed E-state index contributed by atoms with van der Waals surface area (Å²) in [6, 6.07) is 17.8. The van der Waals surface area contributed by atoms with Crippen LogP contribution >= 0.6 is 78.3 Å². The number of anilines is 2. The molecule has 0 bridgehead atoms.